The number of nitrogens with zero attached hydrogens (tertiary/aromatic N) is 4. The maximum Gasteiger partial charge on any atom is 0.387 e. The van der Waals surface area contributed by atoms with Crippen LogP contribution in [0.3, 0.4) is 0 Å². The standard InChI is InChI=1S/C23H24F2N4O4/c1-14-10-18(9-6-16(14)11-28(2)3)31-19-12-29(13-30)20(19)22-27-26-21(33-22)15-4-7-17(8-5-15)32-23(24)25/h4-10,13,19-20,23H,11-12H2,1-3H3. The molecule has 10 heteroatoms. The molecule has 1 fully saturated rings. The lowest BCUT2D eigenvalue weighted by Crippen LogP contribution is -2.55. The van der Waals surface area contributed by atoms with E-state index in [1.807, 2.05) is 39.2 Å². The van der Waals surface area contributed by atoms with Gasteiger partial charge >= 0.3 is 6.61 Å². The number of ether oxygens (including phenoxy) is 2. The molecule has 1 saturated heterocycles. The van der Waals surface area contributed by atoms with Crippen LogP contribution in [0.1, 0.15) is 23.1 Å². The van der Waals surface area contributed by atoms with Crippen LogP contribution in [0.25, 0.3) is 11.5 Å². The molecule has 8 nitrogen and oxygen atoms in total. The summed E-state index contributed by atoms with van der Waals surface area (Å²) in [5, 5.41) is 8.12. The van der Waals surface area contributed by atoms with Crippen molar-refractivity contribution < 1.29 is 27.5 Å². The number of aryl methyl sites for hydroxylation is 1. The summed E-state index contributed by atoms with van der Waals surface area (Å²) in [6.45, 7) is 0.355. The molecule has 4 rings (SSSR count). The Morgan fingerprint density at radius 3 is 2.55 bits per heavy atom. The Kier molecular flexibility index (Phi) is 6.55. The van der Waals surface area contributed by atoms with Gasteiger partial charge in [0.15, 0.2) is 0 Å². The van der Waals surface area contributed by atoms with Gasteiger partial charge in [0.05, 0.1) is 6.54 Å². The van der Waals surface area contributed by atoms with E-state index in [1.54, 1.807) is 12.1 Å². The maximum atomic E-state index is 12.3. The third-order valence-corrected chi connectivity index (χ3v) is 5.34. The predicted molar refractivity (Wildman–Crippen MR) is 115 cm³/mol. The summed E-state index contributed by atoms with van der Waals surface area (Å²) in [4.78, 5) is 15.1. The molecule has 2 atom stereocenters. The van der Waals surface area contributed by atoms with Crippen LogP contribution in [0, 0.1) is 6.92 Å². The van der Waals surface area contributed by atoms with Gasteiger partial charge in [0.1, 0.15) is 23.6 Å². The second-order valence-corrected chi connectivity index (χ2v) is 8.08. The third-order valence-electron chi connectivity index (χ3n) is 5.34. The van der Waals surface area contributed by atoms with Gasteiger partial charge in [-0.3, -0.25) is 4.79 Å². The van der Waals surface area contributed by atoms with Gasteiger partial charge in [0.2, 0.25) is 18.2 Å². The van der Waals surface area contributed by atoms with Gasteiger partial charge in [-0.15, -0.1) is 10.2 Å². The van der Waals surface area contributed by atoms with Gasteiger partial charge in [-0.25, -0.2) is 0 Å². The van der Waals surface area contributed by atoms with Crippen LogP contribution in [0.5, 0.6) is 11.5 Å². The number of hydrogen-bond acceptors (Lipinski definition) is 7. The first kappa shape index (κ1) is 22.7. The molecule has 1 aromatic heterocycles. The number of amides is 1. The fraction of sp³-hybridized carbons (Fsp3) is 0.348. The summed E-state index contributed by atoms with van der Waals surface area (Å²) in [5.74, 6) is 1.17. The van der Waals surface area contributed by atoms with E-state index in [0.29, 0.717) is 17.9 Å². The van der Waals surface area contributed by atoms with Crippen LogP contribution in [-0.2, 0) is 11.3 Å². The van der Waals surface area contributed by atoms with E-state index >= 15 is 0 Å². The second-order valence-electron chi connectivity index (χ2n) is 8.08. The Labute approximate surface area is 189 Å². The second kappa shape index (κ2) is 9.53. The number of benzene rings is 2. The number of carbonyl (C=O) groups is 1. The van der Waals surface area contributed by atoms with E-state index in [4.69, 9.17) is 9.15 Å². The fourth-order valence-electron chi connectivity index (χ4n) is 3.69. The predicted octanol–water partition coefficient (Wildman–Crippen LogP) is 3.67. The van der Waals surface area contributed by atoms with Gasteiger partial charge in [-0.2, -0.15) is 8.78 Å². The molecular weight excluding hydrogens is 434 g/mol. The van der Waals surface area contributed by atoms with Crippen molar-refractivity contribution in [3.63, 3.8) is 0 Å². The zero-order valence-electron chi connectivity index (χ0n) is 18.4. The summed E-state index contributed by atoms with van der Waals surface area (Å²) in [6.07, 6.45) is 0.375. The van der Waals surface area contributed by atoms with Crippen LogP contribution in [0.4, 0.5) is 8.78 Å². The molecule has 1 amide bonds. The van der Waals surface area contributed by atoms with Crippen LogP contribution < -0.4 is 9.47 Å². The normalized spacial score (nSPS) is 17.8. The Hall–Kier alpha value is -3.53. The van der Waals surface area contributed by atoms with Crippen molar-refractivity contribution >= 4 is 6.41 Å². The highest BCUT2D eigenvalue weighted by molar-refractivity contribution is 5.55. The van der Waals surface area contributed by atoms with Crippen LogP contribution in [0.2, 0.25) is 0 Å². The summed E-state index contributed by atoms with van der Waals surface area (Å²) in [6, 6.07) is 11.3. The summed E-state index contributed by atoms with van der Waals surface area (Å²) < 4.78 is 40.9. The highest BCUT2D eigenvalue weighted by Crippen LogP contribution is 2.36. The monoisotopic (exact) mass is 458 g/mol. The van der Waals surface area contributed by atoms with Crippen molar-refractivity contribution in [2.75, 3.05) is 20.6 Å². The number of carbonyl (C=O) groups excluding carboxylic acids is 1. The van der Waals surface area contributed by atoms with Crippen LogP contribution in [-0.4, -0.2) is 59.8 Å². The zero-order chi connectivity index (χ0) is 23.5. The molecule has 1 aliphatic heterocycles. The molecule has 3 aromatic rings. The first-order chi connectivity index (χ1) is 15.8. The highest BCUT2D eigenvalue weighted by Gasteiger charge is 2.45. The van der Waals surface area contributed by atoms with Gasteiger partial charge in [0.25, 0.3) is 0 Å². The molecule has 1 aliphatic rings. The number of aromatic nitrogens is 2. The number of rotatable bonds is 9. The molecule has 0 radical (unpaired) electrons. The molecule has 2 unspecified atom stereocenters. The van der Waals surface area contributed by atoms with E-state index in [-0.39, 0.29) is 23.6 Å². The van der Waals surface area contributed by atoms with Crippen molar-refractivity contribution in [2.45, 2.75) is 32.2 Å². The van der Waals surface area contributed by atoms with Crippen LogP contribution >= 0.6 is 0 Å². The van der Waals surface area contributed by atoms with Gasteiger partial charge in [0, 0.05) is 12.1 Å². The topological polar surface area (TPSA) is 80.9 Å². The van der Waals surface area contributed by atoms with Gasteiger partial charge in [-0.1, -0.05) is 6.07 Å². The molecule has 0 N–H and O–H groups in total. The first-order valence-electron chi connectivity index (χ1n) is 10.3. The SMILES string of the molecule is Cc1cc(OC2CN(C=O)C2c2nnc(-c3ccc(OC(F)F)cc3)o2)ccc1CN(C)C. The zero-order valence-corrected chi connectivity index (χ0v) is 18.4. The van der Waals surface area contributed by atoms with Crippen LogP contribution in [0.15, 0.2) is 46.9 Å². The van der Waals surface area contributed by atoms with Gasteiger partial charge in [-0.05, 0) is 68.5 Å². The molecule has 2 heterocycles. The Morgan fingerprint density at radius 2 is 1.91 bits per heavy atom. The summed E-state index contributed by atoms with van der Waals surface area (Å²) >= 11 is 0. The lowest BCUT2D eigenvalue weighted by molar-refractivity contribution is -0.136. The van der Waals surface area contributed by atoms with Gasteiger partial charge < -0.3 is 23.7 Å². The quantitative estimate of drug-likeness (QED) is 0.453. The smallest absolute Gasteiger partial charge is 0.387 e. The highest BCUT2D eigenvalue weighted by atomic mass is 19.3. The fourth-order valence-corrected chi connectivity index (χ4v) is 3.69. The molecule has 174 valence electrons. The van der Waals surface area contributed by atoms with E-state index in [1.165, 1.54) is 22.6 Å². The molecule has 2 aromatic carbocycles. The lowest BCUT2D eigenvalue weighted by atomic mass is 10.00. The number of alkyl halides is 2. The maximum absolute atomic E-state index is 12.3. The number of halogens is 2. The van der Waals surface area contributed by atoms with Crippen molar-refractivity contribution in [1.82, 2.24) is 20.0 Å². The van der Waals surface area contributed by atoms with E-state index in [2.05, 4.69) is 19.8 Å². The number of hydrogen-bond donors (Lipinski definition) is 0. The van der Waals surface area contributed by atoms with Crippen molar-refractivity contribution in [2.24, 2.45) is 0 Å². The molecular formula is C23H24F2N4O4. The lowest BCUT2D eigenvalue weighted by Gasteiger charge is -2.43. The Morgan fingerprint density at radius 1 is 1.18 bits per heavy atom. The number of likely N-dealkylation sites (tertiary alicyclic amines) is 1. The molecule has 0 aliphatic carbocycles. The largest absolute Gasteiger partial charge is 0.486 e. The summed E-state index contributed by atoms with van der Waals surface area (Å²) in [5.41, 5.74) is 2.86. The van der Waals surface area contributed by atoms with Crippen molar-refractivity contribution in [3.8, 4) is 23.0 Å². The first-order valence-corrected chi connectivity index (χ1v) is 10.3. The minimum atomic E-state index is -2.90. The molecule has 0 spiro atoms. The summed E-state index contributed by atoms with van der Waals surface area (Å²) in [7, 11) is 4.03. The van der Waals surface area contributed by atoms with Crippen molar-refractivity contribution in [1.29, 1.82) is 0 Å². The molecule has 33 heavy (non-hydrogen) atoms. The average molecular weight is 458 g/mol. The minimum absolute atomic E-state index is 0.0277. The van der Waals surface area contributed by atoms with E-state index in [0.717, 1.165) is 18.5 Å². The van der Waals surface area contributed by atoms with Crippen molar-refractivity contribution in [3.05, 3.63) is 59.5 Å². The Bertz CT molecular complexity index is 1100. The molecule has 0 saturated carbocycles. The Balaban J connectivity index is 1.48. The van der Waals surface area contributed by atoms with E-state index < -0.39 is 12.7 Å². The minimum Gasteiger partial charge on any atom is -0.486 e. The molecule has 0 bridgehead atoms. The average Bonchev–Trinajstić information content (AvgIpc) is 3.21. The third kappa shape index (κ3) is 5.11. The van der Waals surface area contributed by atoms with E-state index in [9.17, 15) is 13.6 Å².